The van der Waals surface area contributed by atoms with Crippen molar-refractivity contribution < 1.29 is 43.6 Å². The lowest BCUT2D eigenvalue weighted by molar-refractivity contribution is -0.185. The first-order chi connectivity index (χ1) is 18.1. The molecule has 9 heteroatoms. The fraction of sp³-hybridized carbons (Fsp3) is 0.600. The van der Waals surface area contributed by atoms with E-state index >= 15 is 0 Å². The van der Waals surface area contributed by atoms with Gasteiger partial charge in [0, 0.05) is 27.9 Å². The highest BCUT2D eigenvalue weighted by Gasteiger charge is 2.66. The van der Waals surface area contributed by atoms with Gasteiger partial charge in [0.2, 0.25) is 0 Å². The zero-order chi connectivity index (χ0) is 29.5. The molecule has 0 bridgehead atoms. The molecule has 1 saturated heterocycles. The van der Waals surface area contributed by atoms with E-state index in [2.05, 4.69) is 13.2 Å². The molecular weight excluding hydrogens is 504 g/mol. The summed E-state index contributed by atoms with van der Waals surface area (Å²) in [6.07, 6.45) is -0.0879. The number of esters is 3. The lowest BCUT2D eigenvalue weighted by atomic mass is 9.45. The number of carbonyl (C=O) groups is 4. The van der Waals surface area contributed by atoms with Crippen molar-refractivity contribution in [2.24, 2.45) is 16.7 Å². The van der Waals surface area contributed by atoms with Crippen molar-refractivity contribution in [3.63, 3.8) is 0 Å². The molecule has 0 radical (unpaired) electrons. The highest BCUT2D eigenvalue weighted by molar-refractivity contribution is 6.01. The SMILES string of the molecule is C=C1CC[C@H](OC(=O)/C(C)=C/C)[C@@H]2[C@]1(C)[C@H](O)C(=O)C(=C)[C@@]2(C)CC(OC(=O)/C(C)=C/C)C1(O)COC(=O)C1. The number of ether oxygens (including phenoxy) is 3. The number of Topliss-reactive ketones (excluding diaryl/α,β-unsaturated/α-hetero) is 1. The van der Waals surface area contributed by atoms with E-state index < -0.39 is 77.4 Å². The summed E-state index contributed by atoms with van der Waals surface area (Å²) in [6.45, 7) is 17.8. The molecular formula is C30H40O9. The number of aliphatic hydroxyl groups is 2. The minimum absolute atomic E-state index is 0.0497. The van der Waals surface area contributed by atoms with Crippen LogP contribution in [0, 0.1) is 16.7 Å². The number of carbonyl (C=O) groups excluding carboxylic acids is 4. The highest BCUT2D eigenvalue weighted by Crippen LogP contribution is 2.62. The normalized spacial score (nSPS) is 36.3. The average Bonchev–Trinajstić information content (AvgIpc) is 3.26. The number of allylic oxidation sites excluding steroid dienone is 2. The summed E-state index contributed by atoms with van der Waals surface area (Å²) < 4.78 is 16.8. The Hall–Kier alpha value is -3.04. The van der Waals surface area contributed by atoms with Crippen LogP contribution in [-0.4, -0.2) is 64.4 Å². The van der Waals surface area contributed by atoms with Crippen LogP contribution >= 0.6 is 0 Å². The fourth-order valence-electron chi connectivity index (χ4n) is 6.26. The standard InChI is InChI=1S/C30H40O9/c1-9-16(3)26(34)38-20-12-11-18(5)29(8)24(20)28(7,19(6)23(32)25(29)33)13-21(39-27(35)17(4)10-2)30(36)14-22(31)37-15-30/h9-10,20-21,24-25,33,36H,5-6,11-15H2,1-4,7-8H3/b16-9+,17-10+/t20-,21?,24-,25+,28+,29+,30?/m0/s1. The maximum Gasteiger partial charge on any atom is 0.333 e. The van der Waals surface area contributed by atoms with Crippen LogP contribution in [0.1, 0.15) is 67.2 Å². The second kappa shape index (κ2) is 10.8. The molecule has 3 rings (SSSR count). The summed E-state index contributed by atoms with van der Waals surface area (Å²) in [7, 11) is 0. The smallest absolute Gasteiger partial charge is 0.333 e. The van der Waals surface area contributed by atoms with Crippen LogP contribution in [0.5, 0.6) is 0 Å². The summed E-state index contributed by atoms with van der Waals surface area (Å²) in [5.41, 5.74) is -2.96. The molecule has 1 heterocycles. The first-order valence-corrected chi connectivity index (χ1v) is 13.2. The van der Waals surface area contributed by atoms with Crippen molar-refractivity contribution in [1.29, 1.82) is 0 Å². The van der Waals surface area contributed by atoms with Crippen LogP contribution in [0.4, 0.5) is 0 Å². The van der Waals surface area contributed by atoms with Gasteiger partial charge in [-0.1, -0.05) is 44.7 Å². The number of fused-ring (bicyclic) bond motifs is 1. The minimum Gasteiger partial charge on any atom is -0.462 e. The number of hydrogen-bond donors (Lipinski definition) is 2. The van der Waals surface area contributed by atoms with Gasteiger partial charge < -0.3 is 24.4 Å². The van der Waals surface area contributed by atoms with Gasteiger partial charge in [0.15, 0.2) is 5.78 Å². The Labute approximate surface area is 229 Å². The number of rotatable bonds is 7. The number of ketones is 1. The molecule has 7 atom stereocenters. The molecule has 2 aliphatic carbocycles. The van der Waals surface area contributed by atoms with E-state index in [-0.39, 0.29) is 17.6 Å². The van der Waals surface area contributed by atoms with Crippen molar-refractivity contribution in [3.05, 3.63) is 47.6 Å². The van der Waals surface area contributed by atoms with Crippen LogP contribution in [0.15, 0.2) is 47.6 Å². The van der Waals surface area contributed by atoms with E-state index in [9.17, 15) is 29.4 Å². The van der Waals surface area contributed by atoms with E-state index in [1.54, 1.807) is 53.7 Å². The van der Waals surface area contributed by atoms with Gasteiger partial charge in [0.25, 0.3) is 0 Å². The predicted molar refractivity (Wildman–Crippen MR) is 142 cm³/mol. The second-order valence-electron chi connectivity index (χ2n) is 11.5. The van der Waals surface area contributed by atoms with E-state index in [1.165, 1.54) is 0 Å². The van der Waals surface area contributed by atoms with Gasteiger partial charge in [-0.25, -0.2) is 9.59 Å². The van der Waals surface area contributed by atoms with Crippen molar-refractivity contribution in [2.45, 2.75) is 91.1 Å². The maximum absolute atomic E-state index is 13.5. The third-order valence-electron chi connectivity index (χ3n) is 9.16. The van der Waals surface area contributed by atoms with Crippen LogP contribution in [0.25, 0.3) is 0 Å². The van der Waals surface area contributed by atoms with Crippen LogP contribution in [0.3, 0.4) is 0 Å². The highest BCUT2D eigenvalue weighted by atomic mass is 16.6. The van der Waals surface area contributed by atoms with E-state index in [1.807, 2.05) is 0 Å². The third kappa shape index (κ3) is 5.14. The van der Waals surface area contributed by atoms with Crippen LogP contribution in [0.2, 0.25) is 0 Å². The molecule has 2 saturated carbocycles. The lowest BCUT2D eigenvalue weighted by Crippen LogP contribution is -2.64. The largest absolute Gasteiger partial charge is 0.462 e. The maximum atomic E-state index is 13.5. The first-order valence-electron chi connectivity index (χ1n) is 13.2. The quantitative estimate of drug-likeness (QED) is 0.214. The summed E-state index contributed by atoms with van der Waals surface area (Å²) in [6, 6.07) is 0. The van der Waals surface area contributed by atoms with E-state index in [4.69, 9.17) is 14.2 Å². The topological polar surface area (TPSA) is 136 Å². The summed E-state index contributed by atoms with van der Waals surface area (Å²) in [5, 5.41) is 22.7. The molecule has 2 unspecified atom stereocenters. The van der Waals surface area contributed by atoms with Crippen molar-refractivity contribution in [3.8, 4) is 0 Å². The molecule has 0 aromatic rings. The van der Waals surface area contributed by atoms with Crippen molar-refractivity contribution in [2.75, 3.05) is 6.61 Å². The molecule has 214 valence electrons. The van der Waals surface area contributed by atoms with Crippen LogP contribution < -0.4 is 0 Å². The van der Waals surface area contributed by atoms with Gasteiger partial charge in [-0.15, -0.1) is 0 Å². The number of aliphatic hydroxyl groups excluding tert-OH is 1. The minimum atomic E-state index is -1.86. The van der Waals surface area contributed by atoms with Crippen molar-refractivity contribution in [1.82, 2.24) is 0 Å². The molecule has 0 aromatic heterocycles. The summed E-state index contributed by atoms with van der Waals surface area (Å²) >= 11 is 0. The Morgan fingerprint density at radius 2 is 1.72 bits per heavy atom. The fourth-order valence-corrected chi connectivity index (χ4v) is 6.26. The van der Waals surface area contributed by atoms with Gasteiger partial charge in [-0.3, -0.25) is 9.59 Å². The predicted octanol–water partition coefficient (Wildman–Crippen LogP) is 3.29. The number of cyclic esters (lactones) is 1. The molecule has 1 aliphatic heterocycles. The molecule has 9 nitrogen and oxygen atoms in total. The summed E-state index contributed by atoms with van der Waals surface area (Å²) in [4.78, 5) is 51.3. The molecule has 3 fully saturated rings. The summed E-state index contributed by atoms with van der Waals surface area (Å²) in [5.74, 6) is -3.20. The van der Waals surface area contributed by atoms with Gasteiger partial charge in [-0.2, -0.15) is 0 Å². The second-order valence-corrected chi connectivity index (χ2v) is 11.5. The average molecular weight is 545 g/mol. The Bertz CT molecular complexity index is 1160. The number of hydrogen-bond acceptors (Lipinski definition) is 9. The van der Waals surface area contributed by atoms with Gasteiger partial charge in [0.05, 0.1) is 6.42 Å². The molecule has 2 N–H and O–H groups in total. The third-order valence-corrected chi connectivity index (χ3v) is 9.16. The van der Waals surface area contributed by atoms with E-state index in [0.717, 1.165) is 0 Å². The zero-order valence-corrected chi connectivity index (χ0v) is 23.7. The molecule has 3 aliphatic rings. The molecule has 0 amide bonds. The van der Waals surface area contributed by atoms with Crippen molar-refractivity contribution >= 4 is 23.7 Å². The first kappa shape index (κ1) is 30.5. The Morgan fingerprint density at radius 1 is 1.13 bits per heavy atom. The Morgan fingerprint density at radius 3 is 2.26 bits per heavy atom. The Kier molecular flexibility index (Phi) is 8.49. The molecule has 39 heavy (non-hydrogen) atoms. The Balaban J connectivity index is 2.16. The van der Waals surface area contributed by atoms with Gasteiger partial charge >= 0.3 is 17.9 Å². The van der Waals surface area contributed by atoms with Gasteiger partial charge in [0.1, 0.15) is 30.5 Å². The zero-order valence-electron chi connectivity index (χ0n) is 23.7. The van der Waals surface area contributed by atoms with E-state index in [0.29, 0.717) is 24.0 Å². The molecule has 0 aromatic carbocycles. The monoisotopic (exact) mass is 544 g/mol. The van der Waals surface area contributed by atoms with Crippen LogP contribution in [-0.2, 0) is 33.4 Å². The lowest BCUT2D eigenvalue weighted by Gasteiger charge is -2.60. The van der Waals surface area contributed by atoms with Gasteiger partial charge in [-0.05, 0) is 52.5 Å². The molecule has 0 spiro atoms.